The fraction of sp³-hybridized carbons (Fsp3) is 0.500. The van der Waals surface area contributed by atoms with Gasteiger partial charge in [0.05, 0.1) is 10.7 Å². The first kappa shape index (κ1) is 32.5. The molecule has 214 valence electrons. The molecule has 0 aromatic heterocycles. The van der Waals surface area contributed by atoms with Gasteiger partial charge >= 0.3 is 6.09 Å². The Morgan fingerprint density at radius 2 is 1.69 bits per heavy atom. The molecule has 0 aliphatic heterocycles. The fourth-order valence-electron chi connectivity index (χ4n) is 4.25. The number of carbonyl (C=O) groups excluding carboxylic acids is 3. The number of ether oxygens (including phenoxy) is 1. The van der Waals surface area contributed by atoms with Gasteiger partial charge in [-0.15, -0.1) is 0 Å². The summed E-state index contributed by atoms with van der Waals surface area (Å²) in [5.41, 5.74) is 3.26. The molecule has 0 saturated heterocycles. The number of benzene rings is 2. The Kier molecular flexibility index (Phi) is 12.2. The Labute approximate surface area is 242 Å². The smallest absolute Gasteiger partial charge is 0.408 e. The molecule has 0 saturated carbocycles. The lowest BCUT2D eigenvalue weighted by Crippen LogP contribution is -2.53. The van der Waals surface area contributed by atoms with Crippen molar-refractivity contribution in [2.75, 3.05) is 23.9 Å². The zero-order valence-corrected chi connectivity index (χ0v) is 25.9. The number of halogens is 1. The Bertz CT molecular complexity index is 1150. The van der Waals surface area contributed by atoms with E-state index in [4.69, 9.17) is 16.3 Å². The third-order valence-electron chi connectivity index (χ3n) is 6.32. The highest BCUT2D eigenvalue weighted by atomic mass is 35.5. The molecular weight excluding hydrogens is 534 g/mol. The second kappa shape index (κ2) is 14.6. The number of rotatable bonds is 11. The normalized spacial score (nSPS) is 12.8. The molecule has 39 heavy (non-hydrogen) atoms. The minimum atomic E-state index is -0.940. The van der Waals surface area contributed by atoms with E-state index < -0.39 is 23.8 Å². The monoisotopic (exact) mass is 575 g/mol. The van der Waals surface area contributed by atoms with E-state index in [-0.39, 0.29) is 11.8 Å². The number of hydrogen-bond acceptors (Lipinski definition) is 5. The molecule has 0 heterocycles. The second-order valence-corrected chi connectivity index (χ2v) is 12.0. The standard InChI is InChI=1S/C30H42ClN3O4S/c1-9-17-34(28(36)24(16-18-39-8)32-29(37)38-30(5,6)7)26(22-14-10-12-19(2)21(22)4)27(35)33-25-20(3)13-11-15-23(25)31/h10-15,24,26H,9,16-18H2,1-8H3,(H,32,37)(H,33,35). The first-order chi connectivity index (χ1) is 18.3. The minimum Gasteiger partial charge on any atom is -0.444 e. The molecule has 0 aliphatic rings. The average Bonchev–Trinajstić information content (AvgIpc) is 2.84. The Hall–Kier alpha value is -2.71. The van der Waals surface area contributed by atoms with Crippen molar-refractivity contribution < 1.29 is 19.1 Å². The van der Waals surface area contributed by atoms with E-state index in [1.54, 1.807) is 43.5 Å². The number of carbonyl (C=O) groups is 3. The topological polar surface area (TPSA) is 87.7 Å². The van der Waals surface area contributed by atoms with Gasteiger partial charge in [0.2, 0.25) is 5.91 Å². The van der Waals surface area contributed by atoms with Crippen LogP contribution in [0.15, 0.2) is 36.4 Å². The van der Waals surface area contributed by atoms with Gasteiger partial charge < -0.3 is 20.3 Å². The van der Waals surface area contributed by atoms with Crippen molar-refractivity contribution in [2.45, 2.75) is 79.0 Å². The van der Waals surface area contributed by atoms with Gasteiger partial charge in [-0.1, -0.05) is 48.9 Å². The third-order valence-corrected chi connectivity index (χ3v) is 7.28. The van der Waals surface area contributed by atoms with Crippen molar-refractivity contribution in [1.82, 2.24) is 10.2 Å². The van der Waals surface area contributed by atoms with Gasteiger partial charge in [-0.25, -0.2) is 4.79 Å². The lowest BCUT2D eigenvalue weighted by molar-refractivity contribution is -0.140. The molecule has 0 spiro atoms. The number of thioether (sulfide) groups is 1. The Morgan fingerprint density at radius 1 is 1.05 bits per heavy atom. The van der Waals surface area contributed by atoms with Gasteiger partial charge in [0.1, 0.15) is 17.7 Å². The molecule has 0 fully saturated rings. The molecule has 0 radical (unpaired) electrons. The van der Waals surface area contributed by atoms with E-state index >= 15 is 0 Å². The zero-order valence-electron chi connectivity index (χ0n) is 24.3. The molecule has 0 bridgehead atoms. The maximum absolute atomic E-state index is 14.2. The van der Waals surface area contributed by atoms with Gasteiger partial charge in [-0.05, 0) is 94.7 Å². The summed E-state index contributed by atoms with van der Waals surface area (Å²) in [6.45, 7) is 13.4. The minimum absolute atomic E-state index is 0.317. The van der Waals surface area contributed by atoms with Crippen LogP contribution in [-0.4, -0.2) is 53.0 Å². The van der Waals surface area contributed by atoms with Crippen LogP contribution in [0.3, 0.4) is 0 Å². The van der Waals surface area contributed by atoms with E-state index in [9.17, 15) is 14.4 Å². The number of aryl methyl sites for hydroxylation is 2. The third kappa shape index (κ3) is 9.17. The van der Waals surface area contributed by atoms with Crippen molar-refractivity contribution in [3.8, 4) is 0 Å². The lowest BCUT2D eigenvalue weighted by atomic mass is 9.94. The van der Waals surface area contributed by atoms with Crippen molar-refractivity contribution in [3.05, 3.63) is 63.7 Å². The Balaban J connectivity index is 2.58. The summed E-state index contributed by atoms with van der Waals surface area (Å²) < 4.78 is 5.45. The zero-order chi connectivity index (χ0) is 29.3. The van der Waals surface area contributed by atoms with E-state index in [0.717, 1.165) is 22.3 Å². The molecule has 2 atom stereocenters. The largest absolute Gasteiger partial charge is 0.444 e. The van der Waals surface area contributed by atoms with Crippen LogP contribution in [0.5, 0.6) is 0 Å². The van der Waals surface area contributed by atoms with Crippen LogP contribution in [0.2, 0.25) is 5.02 Å². The summed E-state index contributed by atoms with van der Waals surface area (Å²) >= 11 is 8.02. The maximum Gasteiger partial charge on any atom is 0.408 e. The van der Waals surface area contributed by atoms with Crippen LogP contribution in [0, 0.1) is 20.8 Å². The summed E-state index contributed by atoms with van der Waals surface area (Å²) in [4.78, 5) is 42.5. The van der Waals surface area contributed by atoms with Gasteiger partial charge in [0.15, 0.2) is 0 Å². The highest BCUT2D eigenvalue weighted by Gasteiger charge is 2.37. The van der Waals surface area contributed by atoms with E-state index in [1.807, 2.05) is 64.3 Å². The highest BCUT2D eigenvalue weighted by Crippen LogP contribution is 2.31. The van der Waals surface area contributed by atoms with Crippen molar-refractivity contribution in [3.63, 3.8) is 0 Å². The summed E-state index contributed by atoms with van der Waals surface area (Å²) in [5.74, 6) is -0.0676. The molecule has 9 heteroatoms. The number of para-hydroxylation sites is 1. The molecule has 0 aliphatic carbocycles. The molecule has 2 aromatic rings. The summed E-state index contributed by atoms with van der Waals surface area (Å²) in [6.07, 6.45) is 2.28. The summed E-state index contributed by atoms with van der Waals surface area (Å²) in [7, 11) is 0. The number of amides is 3. The number of nitrogens with one attached hydrogen (secondary N) is 2. The molecule has 3 amide bonds. The average molecular weight is 576 g/mol. The quantitative estimate of drug-likeness (QED) is 0.306. The molecule has 2 rings (SSSR count). The van der Waals surface area contributed by atoms with Crippen molar-refractivity contribution in [2.24, 2.45) is 0 Å². The van der Waals surface area contributed by atoms with E-state index in [0.29, 0.717) is 35.8 Å². The second-order valence-electron chi connectivity index (χ2n) is 10.6. The maximum atomic E-state index is 14.2. The van der Waals surface area contributed by atoms with Crippen molar-refractivity contribution >= 4 is 47.0 Å². The van der Waals surface area contributed by atoms with Crippen LogP contribution in [0.4, 0.5) is 10.5 Å². The molecule has 2 N–H and O–H groups in total. The predicted octanol–water partition coefficient (Wildman–Crippen LogP) is 6.83. The molecule has 2 aromatic carbocycles. The first-order valence-electron chi connectivity index (χ1n) is 13.2. The number of hydrogen-bond donors (Lipinski definition) is 2. The lowest BCUT2D eigenvalue weighted by Gasteiger charge is -2.35. The van der Waals surface area contributed by atoms with Crippen LogP contribution >= 0.6 is 23.4 Å². The van der Waals surface area contributed by atoms with E-state index in [2.05, 4.69) is 10.6 Å². The van der Waals surface area contributed by atoms with Gasteiger partial charge in [-0.2, -0.15) is 11.8 Å². The van der Waals surface area contributed by atoms with Gasteiger partial charge in [0, 0.05) is 6.54 Å². The summed E-state index contributed by atoms with van der Waals surface area (Å²) in [6, 6.07) is 9.34. The van der Waals surface area contributed by atoms with Crippen molar-refractivity contribution in [1.29, 1.82) is 0 Å². The molecular formula is C30H42ClN3O4S. The van der Waals surface area contributed by atoms with Crippen LogP contribution in [0.1, 0.15) is 68.8 Å². The molecule has 2 unspecified atom stereocenters. The van der Waals surface area contributed by atoms with Crippen LogP contribution in [0.25, 0.3) is 0 Å². The predicted molar refractivity (Wildman–Crippen MR) is 162 cm³/mol. The molecule has 7 nitrogen and oxygen atoms in total. The van der Waals surface area contributed by atoms with Crippen LogP contribution in [-0.2, 0) is 14.3 Å². The van der Waals surface area contributed by atoms with Crippen LogP contribution < -0.4 is 10.6 Å². The summed E-state index contributed by atoms with van der Waals surface area (Å²) in [5, 5.41) is 6.18. The first-order valence-corrected chi connectivity index (χ1v) is 15.0. The number of anilines is 1. The number of nitrogens with zero attached hydrogens (tertiary/aromatic N) is 1. The fourth-order valence-corrected chi connectivity index (χ4v) is 4.99. The highest BCUT2D eigenvalue weighted by molar-refractivity contribution is 7.98. The van der Waals surface area contributed by atoms with Gasteiger partial charge in [0.25, 0.3) is 5.91 Å². The van der Waals surface area contributed by atoms with Gasteiger partial charge in [-0.3, -0.25) is 9.59 Å². The number of alkyl carbamates (subject to hydrolysis) is 1. The van der Waals surface area contributed by atoms with E-state index in [1.165, 1.54) is 0 Å². The SMILES string of the molecule is CCCN(C(=O)C(CCSC)NC(=O)OC(C)(C)C)C(C(=O)Nc1c(C)cccc1Cl)c1cccc(C)c1C. The Morgan fingerprint density at radius 3 is 2.28 bits per heavy atom.